The number of phenols is 1. The number of para-hydroxylation sites is 1. The Labute approximate surface area is 128 Å². The van der Waals surface area contributed by atoms with Gasteiger partial charge in [0.05, 0.1) is 17.8 Å². The van der Waals surface area contributed by atoms with Crippen molar-refractivity contribution >= 4 is 28.9 Å². The van der Waals surface area contributed by atoms with E-state index < -0.39 is 0 Å². The molecule has 2 N–H and O–H groups in total. The van der Waals surface area contributed by atoms with Crippen molar-refractivity contribution < 1.29 is 9.84 Å². The fraction of sp³-hybridized carbons (Fsp3) is 0.200. The van der Waals surface area contributed by atoms with Gasteiger partial charge < -0.3 is 15.2 Å². The number of aryl methyl sites for hydroxylation is 1. The highest BCUT2D eigenvalue weighted by Gasteiger charge is 2.09. The second-order valence-electron chi connectivity index (χ2n) is 4.40. The van der Waals surface area contributed by atoms with Crippen LogP contribution in [-0.2, 0) is 6.54 Å². The zero-order valence-corrected chi connectivity index (χ0v) is 12.7. The molecule has 0 aliphatic carbocycles. The molecule has 0 aliphatic rings. The summed E-state index contributed by atoms with van der Waals surface area (Å²) >= 11 is 11.9. The summed E-state index contributed by atoms with van der Waals surface area (Å²) in [6.45, 7) is 2.35. The zero-order chi connectivity index (χ0) is 14.7. The third kappa shape index (κ3) is 3.11. The number of hydrogen-bond donors (Lipinski definition) is 2. The van der Waals surface area contributed by atoms with Gasteiger partial charge in [0.1, 0.15) is 11.5 Å². The molecule has 5 heteroatoms. The molecule has 2 aromatic carbocycles. The van der Waals surface area contributed by atoms with E-state index in [4.69, 9.17) is 27.9 Å². The van der Waals surface area contributed by atoms with Gasteiger partial charge in [-0.15, -0.1) is 0 Å². The van der Waals surface area contributed by atoms with E-state index in [0.29, 0.717) is 27.9 Å². The lowest BCUT2D eigenvalue weighted by Gasteiger charge is -2.14. The Bertz CT molecular complexity index is 630. The van der Waals surface area contributed by atoms with Crippen LogP contribution in [0.1, 0.15) is 11.1 Å². The lowest BCUT2D eigenvalue weighted by molar-refractivity contribution is 0.416. The largest absolute Gasteiger partial charge is 0.506 e. The summed E-state index contributed by atoms with van der Waals surface area (Å²) in [5, 5.41) is 14.1. The molecule has 0 heterocycles. The Morgan fingerprint density at radius 3 is 2.65 bits per heavy atom. The summed E-state index contributed by atoms with van der Waals surface area (Å²) in [4.78, 5) is 0. The van der Waals surface area contributed by atoms with Crippen LogP contribution in [0.15, 0.2) is 30.3 Å². The highest BCUT2D eigenvalue weighted by molar-refractivity contribution is 6.32. The average molecular weight is 312 g/mol. The minimum absolute atomic E-state index is 0.0892. The second-order valence-corrected chi connectivity index (χ2v) is 5.22. The summed E-state index contributed by atoms with van der Waals surface area (Å²) < 4.78 is 5.29. The van der Waals surface area contributed by atoms with E-state index in [1.165, 1.54) is 0 Å². The van der Waals surface area contributed by atoms with Crippen LogP contribution in [0.5, 0.6) is 11.5 Å². The van der Waals surface area contributed by atoms with Gasteiger partial charge in [0, 0.05) is 23.2 Å². The number of nitrogens with one attached hydrogen (secondary N) is 1. The molecule has 0 amide bonds. The summed E-state index contributed by atoms with van der Waals surface area (Å²) in [5.41, 5.74) is 2.48. The second kappa shape index (κ2) is 6.25. The molecule has 20 heavy (non-hydrogen) atoms. The van der Waals surface area contributed by atoms with Gasteiger partial charge >= 0.3 is 0 Å². The molecule has 0 fully saturated rings. The van der Waals surface area contributed by atoms with Crippen molar-refractivity contribution in [3.8, 4) is 11.5 Å². The maximum absolute atomic E-state index is 9.88. The first kappa shape index (κ1) is 14.8. The SMILES string of the molecule is COc1cc(Cl)c(C)cc1NCc1cccc(Cl)c1O. The van der Waals surface area contributed by atoms with Gasteiger partial charge in [0.15, 0.2) is 0 Å². The van der Waals surface area contributed by atoms with Gasteiger partial charge in [0.25, 0.3) is 0 Å². The number of anilines is 1. The van der Waals surface area contributed by atoms with Gasteiger partial charge in [-0.1, -0.05) is 35.3 Å². The normalized spacial score (nSPS) is 10.4. The first-order valence-electron chi connectivity index (χ1n) is 6.07. The lowest BCUT2D eigenvalue weighted by Crippen LogP contribution is -2.02. The molecule has 3 nitrogen and oxygen atoms in total. The minimum Gasteiger partial charge on any atom is -0.506 e. The van der Waals surface area contributed by atoms with Crippen LogP contribution < -0.4 is 10.1 Å². The first-order valence-corrected chi connectivity index (χ1v) is 6.83. The molecule has 0 aliphatic heterocycles. The Kier molecular flexibility index (Phi) is 4.63. The van der Waals surface area contributed by atoms with Crippen molar-refractivity contribution in [2.24, 2.45) is 0 Å². The maximum atomic E-state index is 9.88. The minimum atomic E-state index is 0.0892. The van der Waals surface area contributed by atoms with Gasteiger partial charge in [-0.2, -0.15) is 0 Å². The highest BCUT2D eigenvalue weighted by atomic mass is 35.5. The third-order valence-corrected chi connectivity index (χ3v) is 3.73. The van der Waals surface area contributed by atoms with E-state index in [9.17, 15) is 5.11 Å². The molecule has 2 aromatic rings. The van der Waals surface area contributed by atoms with E-state index in [1.807, 2.05) is 19.1 Å². The molecule has 0 radical (unpaired) electrons. The zero-order valence-electron chi connectivity index (χ0n) is 11.2. The van der Waals surface area contributed by atoms with Crippen LogP contribution in [0.25, 0.3) is 0 Å². The van der Waals surface area contributed by atoms with Gasteiger partial charge in [-0.3, -0.25) is 0 Å². The molecular formula is C15H15Cl2NO2. The Balaban J connectivity index is 2.22. The van der Waals surface area contributed by atoms with Crippen molar-refractivity contribution in [3.63, 3.8) is 0 Å². The number of phenolic OH excluding ortho intramolecular Hbond substituents is 1. The number of halogens is 2. The van der Waals surface area contributed by atoms with Crippen LogP contribution in [-0.4, -0.2) is 12.2 Å². The van der Waals surface area contributed by atoms with Gasteiger partial charge in [-0.25, -0.2) is 0 Å². The van der Waals surface area contributed by atoms with Crippen LogP contribution in [0.4, 0.5) is 5.69 Å². The first-order chi connectivity index (χ1) is 9.52. The van der Waals surface area contributed by atoms with Crippen LogP contribution >= 0.6 is 23.2 Å². The molecule has 0 saturated heterocycles. The molecule has 0 aromatic heterocycles. The van der Waals surface area contributed by atoms with E-state index >= 15 is 0 Å². The molecule has 2 rings (SSSR count). The summed E-state index contributed by atoms with van der Waals surface area (Å²) in [6.07, 6.45) is 0. The Hall–Kier alpha value is -1.58. The fourth-order valence-corrected chi connectivity index (χ4v) is 2.21. The number of aromatic hydroxyl groups is 1. The van der Waals surface area contributed by atoms with E-state index in [-0.39, 0.29) is 5.75 Å². The van der Waals surface area contributed by atoms with E-state index in [2.05, 4.69) is 5.32 Å². The van der Waals surface area contributed by atoms with Crippen molar-refractivity contribution in [1.82, 2.24) is 0 Å². The standard InChI is InChI=1S/C15H15Cl2NO2/c1-9-6-13(14(20-2)7-12(9)17)18-8-10-4-3-5-11(16)15(10)19/h3-7,18-19H,8H2,1-2H3. The van der Waals surface area contributed by atoms with Crippen LogP contribution in [0.3, 0.4) is 0 Å². The van der Waals surface area contributed by atoms with Crippen molar-refractivity contribution in [3.05, 3.63) is 51.5 Å². The molecule has 106 valence electrons. The monoisotopic (exact) mass is 311 g/mol. The van der Waals surface area contributed by atoms with Crippen LogP contribution in [0.2, 0.25) is 10.0 Å². The number of rotatable bonds is 4. The molecule has 0 bridgehead atoms. The van der Waals surface area contributed by atoms with Gasteiger partial charge in [-0.05, 0) is 24.6 Å². The number of benzene rings is 2. The topological polar surface area (TPSA) is 41.5 Å². The Morgan fingerprint density at radius 2 is 1.95 bits per heavy atom. The highest BCUT2D eigenvalue weighted by Crippen LogP contribution is 2.32. The molecule has 0 saturated carbocycles. The van der Waals surface area contributed by atoms with Crippen molar-refractivity contribution in [2.45, 2.75) is 13.5 Å². The summed E-state index contributed by atoms with van der Waals surface area (Å²) in [7, 11) is 1.59. The average Bonchev–Trinajstić information content (AvgIpc) is 2.43. The predicted molar refractivity (Wildman–Crippen MR) is 83.2 cm³/mol. The van der Waals surface area contributed by atoms with Crippen LogP contribution in [0, 0.1) is 6.92 Å². The molecular weight excluding hydrogens is 297 g/mol. The smallest absolute Gasteiger partial charge is 0.143 e. The van der Waals surface area contributed by atoms with E-state index in [1.54, 1.807) is 25.3 Å². The number of ether oxygens (including phenoxy) is 1. The van der Waals surface area contributed by atoms with E-state index in [0.717, 1.165) is 11.3 Å². The molecule has 0 atom stereocenters. The lowest BCUT2D eigenvalue weighted by atomic mass is 10.1. The quantitative estimate of drug-likeness (QED) is 0.865. The molecule has 0 spiro atoms. The maximum Gasteiger partial charge on any atom is 0.143 e. The Morgan fingerprint density at radius 1 is 1.20 bits per heavy atom. The predicted octanol–water partition coefficient (Wildman–Crippen LogP) is 4.63. The summed E-state index contributed by atoms with van der Waals surface area (Å²) in [6, 6.07) is 8.92. The molecule has 0 unspecified atom stereocenters. The summed E-state index contributed by atoms with van der Waals surface area (Å²) in [5.74, 6) is 0.744. The fourth-order valence-electron chi connectivity index (χ4n) is 1.86. The number of methoxy groups -OCH3 is 1. The van der Waals surface area contributed by atoms with Crippen molar-refractivity contribution in [1.29, 1.82) is 0 Å². The third-order valence-electron chi connectivity index (χ3n) is 3.02. The van der Waals surface area contributed by atoms with Gasteiger partial charge in [0.2, 0.25) is 0 Å². The van der Waals surface area contributed by atoms with Crippen molar-refractivity contribution in [2.75, 3.05) is 12.4 Å². The number of hydrogen-bond acceptors (Lipinski definition) is 3.